The number of benzene rings is 1. The molecular formula is C12H19N3O3S. The fraction of sp³-hybridized carbons (Fsp3) is 0.417. The molecule has 0 atom stereocenters. The van der Waals surface area contributed by atoms with Crippen molar-refractivity contribution >= 4 is 27.3 Å². The topological polar surface area (TPSA) is 69.7 Å². The van der Waals surface area contributed by atoms with Crippen molar-refractivity contribution in [2.75, 3.05) is 43.6 Å². The van der Waals surface area contributed by atoms with Crippen LogP contribution >= 0.6 is 0 Å². The van der Waals surface area contributed by atoms with Crippen molar-refractivity contribution in [3.8, 4) is 0 Å². The molecule has 106 valence electrons. The van der Waals surface area contributed by atoms with Gasteiger partial charge in [-0.3, -0.25) is 9.10 Å². The highest BCUT2D eigenvalue weighted by Gasteiger charge is 2.21. The molecule has 0 saturated heterocycles. The zero-order valence-corrected chi connectivity index (χ0v) is 12.4. The molecule has 0 aliphatic rings. The van der Waals surface area contributed by atoms with Crippen LogP contribution in [0.4, 0.5) is 11.4 Å². The van der Waals surface area contributed by atoms with Gasteiger partial charge in [-0.15, -0.1) is 0 Å². The third-order valence-electron chi connectivity index (χ3n) is 2.60. The highest BCUT2D eigenvalue weighted by molar-refractivity contribution is 7.92. The number of carbonyl (C=O) groups excluding carboxylic acids is 1. The van der Waals surface area contributed by atoms with Crippen LogP contribution in [-0.4, -0.2) is 53.2 Å². The van der Waals surface area contributed by atoms with E-state index >= 15 is 0 Å². The lowest BCUT2D eigenvalue weighted by atomic mass is 10.2. The molecule has 0 unspecified atom stereocenters. The molecule has 1 amide bonds. The zero-order chi connectivity index (χ0) is 14.6. The summed E-state index contributed by atoms with van der Waals surface area (Å²) in [5.74, 6) is -0.278. The van der Waals surface area contributed by atoms with Gasteiger partial charge in [-0.1, -0.05) is 6.07 Å². The highest BCUT2D eigenvalue weighted by atomic mass is 32.2. The molecule has 1 aromatic carbocycles. The molecule has 0 radical (unpaired) electrons. The lowest BCUT2D eigenvalue weighted by Crippen LogP contribution is -2.39. The van der Waals surface area contributed by atoms with Gasteiger partial charge in [0.05, 0.1) is 11.9 Å². The maximum atomic E-state index is 11.8. The number of sulfonamides is 1. The molecule has 1 aromatic rings. The number of nitrogens with one attached hydrogen (secondary N) is 1. The van der Waals surface area contributed by atoms with Crippen LogP contribution in [0.5, 0.6) is 0 Å². The van der Waals surface area contributed by atoms with Crippen molar-refractivity contribution in [2.45, 2.75) is 0 Å². The summed E-state index contributed by atoms with van der Waals surface area (Å²) in [5, 5.41) is 2.93. The number of rotatable bonds is 5. The number of hydrogen-bond acceptors (Lipinski definition) is 4. The molecule has 0 aliphatic heterocycles. The lowest BCUT2D eigenvalue weighted by Gasteiger charge is -2.24. The minimum Gasteiger partial charge on any atom is -0.388 e. The molecule has 0 aliphatic carbocycles. The van der Waals surface area contributed by atoms with E-state index in [0.29, 0.717) is 5.69 Å². The first-order valence-corrected chi connectivity index (χ1v) is 7.56. The molecule has 1 N–H and O–H groups in total. The Kier molecular flexibility index (Phi) is 4.77. The van der Waals surface area contributed by atoms with Gasteiger partial charge in [0, 0.05) is 26.8 Å². The average molecular weight is 285 g/mol. The molecule has 1 rings (SSSR count). The minimum atomic E-state index is -3.51. The first-order valence-electron chi connectivity index (χ1n) is 5.71. The van der Waals surface area contributed by atoms with E-state index in [4.69, 9.17) is 0 Å². The average Bonchev–Trinajstić information content (AvgIpc) is 2.34. The Labute approximate surface area is 114 Å². The van der Waals surface area contributed by atoms with Crippen molar-refractivity contribution in [3.05, 3.63) is 24.3 Å². The Morgan fingerprint density at radius 3 is 2.42 bits per heavy atom. The Morgan fingerprint density at radius 1 is 1.32 bits per heavy atom. The van der Waals surface area contributed by atoms with Gasteiger partial charge < -0.3 is 10.2 Å². The number of carbonyl (C=O) groups is 1. The Hall–Kier alpha value is -1.76. The second-order valence-electron chi connectivity index (χ2n) is 4.36. The second kappa shape index (κ2) is 5.92. The largest absolute Gasteiger partial charge is 0.388 e. The molecule has 7 heteroatoms. The maximum absolute atomic E-state index is 11.8. The number of likely N-dealkylation sites (N-methyl/N-ethyl adjacent to an activating group) is 1. The van der Waals surface area contributed by atoms with Gasteiger partial charge in [-0.05, 0) is 18.2 Å². The van der Waals surface area contributed by atoms with Crippen molar-refractivity contribution in [1.82, 2.24) is 4.90 Å². The van der Waals surface area contributed by atoms with Crippen molar-refractivity contribution in [1.29, 1.82) is 0 Å². The van der Waals surface area contributed by atoms with Crippen molar-refractivity contribution in [3.63, 3.8) is 0 Å². The molecule has 0 heterocycles. The highest BCUT2D eigenvalue weighted by Crippen LogP contribution is 2.21. The van der Waals surface area contributed by atoms with Crippen LogP contribution in [-0.2, 0) is 14.8 Å². The lowest BCUT2D eigenvalue weighted by molar-refractivity contribution is -0.127. The minimum absolute atomic E-state index is 0.209. The van der Waals surface area contributed by atoms with Crippen molar-refractivity contribution < 1.29 is 13.2 Å². The molecule has 0 spiro atoms. The number of nitrogens with zero attached hydrogens (tertiary/aromatic N) is 2. The molecular weight excluding hydrogens is 266 g/mol. The normalized spacial score (nSPS) is 10.9. The number of amides is 1. The summed E-state index contributed by atoms with van der Waals surface area (Å²) < 4.78 is 24.7. The van der Waals surface area contributed by atoms with Gasteiger partial charge >= 0.3 is 0 Å². The van der Waals surface area contributed by atoms with E-state index in [9.17, 15) is 13.2 Å². The molecule has 0 bridgehead atoms. The third-order valence-corrected chi connectivity index (χ3v) is 3.74. The number of anilines is 2. The van der Waals surface area contributed by atoms with Crippen LogP contribution in [0.15, 0.2) is 24.3 Å². The third kappa shape index (κ3) is 4.13. The Bertz CT molecular complexity index is 555. The summed E-state index contributed by atoms with van der Waals surface area (Å²) in [7, 11) is 1.41. The smallest absolute Gasteiger partial charge is 0.242 e. The Morgan fingerprint density at radius 2 is 1.95 bits per heavy atom. The molecule has 0 fully saturated rings. The summed E-state index contributed by atoms with van der Waals surface area (Å²) >= 11 is 0. The standard InChI is InChI=1S/C12H19N3O3S/c1-13-10-6-5-7-11(8-10)15(19(4,17)18)9-12(16)14(2)3/h5-8,13H,9H2,1-4H3. The first-order chi connectivity index (χ1) is 8.75. The van der Waals surface area contributed by atoms with Crippen molar-refractivity contribution in [2.24, 2.45) is 0 Å². The van der Waals surface area contributed by atoms with Gasteiger partial charge in [0.1, 0.15) is 6.54 Å². The van der Waals surface area contributed by atoms with E-state index in [0.717, 1.165) is 16.2 Å². The first kappa shape index (κ1) is 15.3. The van der Waals surface area contributed by atoms with Gasteiger partial charge in [-0.25, -0.2) is 8.42 Å². The van der Waals surface area contributed by atoms with Crippen LogP contribution in [0.2, 0.25) is 0 Å². The van der Waals surface area contributed by atoms with Crippen LogP contribution in [0.25, 0.3) is 0 Å². The van der Waals surface area contributed by atoms with Gasteiger partial charge in [0.25, 0.3) is 0 Å². The van der Waals surface area contributed by atoms with Gasteiger partial charge in [0.15, 0.2) is 0 Å². The van der Waals surface area contributed by atoms with Gasteiger partial charge in [0.2, 0.25) is 15.9 Å². The van der Waals surface area contributed by atoms with Crippen LogP contribution in [0.1, 0.15) is 0 Å². The van der Waals surface area contributed by atoms with Crippen LogP contribution in [0, 0.1) is 0 Å². The summed E-state index contributed by atoms with van der Waals surface area (Å²) in [6, 6.07) is 6.89. The van der Waals surface area contributed by atoms with Crippen LogP contribution < -0.4 is 9.62 Å². The molecule has 6 nitrogen and oxygen atoms in total. The fourth-order valence-electron chi connectivity index (χ4n) is 1.48. The summed E-state index contributed by atoms with van der Waals surface area (Å²) in [4.78, 5) is 13.1. The van der Waals surface area contributed by atoms with Crippen LogP contribution in [0.3, 0.4) is 0 Å². The van der Waals surface area contributed by atoms with E-state index in [1.165, 1.54) is 4.90 Å². The Balaban J connectivity index is 3.14. The quantitative estimate of drug-likeness (QED) is 0.859. The predicted molar refractivity (Wildman–Crippen MR) is 76.9 cm³/mol. The van der Waals surface area contributed by atoms with E-state index in [2.05, 4.69) is 5.32 Å². The molecule has 0 aromatic heterocycles. The maximum Gasteiger partial charge on any atom is 0.242 e. The monoisotopic (exact) mass is 285 g/mol. The SMILES string of the molecule is CNc1cccc(N(CC(=O)N(C)C)S(C)(=O)=O)c1. The van der Waals surface area contributed by atoms with Gasteiger partial charge in [-0.2, -0.15) is 0 Å². The summed E-state index contributed by atoms with van der Waals surface area (Å²) in [6.07, 6.45) is 1.09. The molecule has 0 saturated carbocycles. The predicted octanol–water partition coefficient (Wildman–Crippen LogP) is 0.582. The zero-order valence-electron chi connectivity index (χ0n) is 11.5. The van der Waals surface area contributed by atoms with E-state index in [1.54, 1.807) is 39.3 Å². The van der Waals surface area contributed by atoms with E-state index in [1.807, 2.05) is 6.07 Å². The van der Waals surface area contributed by atoms with E-state index in [-0.39, 0.29) is 12.5 Å². The molecule has 19 heavy (non-hydrogen) atoms. The fourth-order valence-corrected chi connectivity index (χ4v) is 2.32. The summed E-state index contributed by atoms with van der Waals surface area (Å²) in [6.45, 7) is -0.209. The summed E-state index contributed by atoms with van der Waals surface area (Å²) in [5.41, 5.74) is 1.24. The second-order valence-corrected chi connectivity index (χ2v) is 6.26. The van der Waals surface area contributed by atoms with E-state index < -0.39 is 10.0 Å². The number of hydrogen-bond donors (Lipinski definition) is 1.